The highest BCUT2D eigenvalue weighted by Gasteiger charge is 2.19. The summed E-state index contributed by atoms with van der Waals surface area (Å²) in [4.78, 5) is 26.7. The number of nitrogens with one attached hydrogen (secondary N) is 1. The zero-order chi connectivity index (χ0) is 20.2. The highest BCUT2D eigenvalue weighted by Crippen LogP contribution is 2.18. The molecule has 4 rings (SSSR count). The number of pyridine rings is 2. The highest BCUT2D eigenvalue weighted by atomic mass is 19.1. The predicted octanol–water partition coefficient (Wildman–Crippen LogP) is 1.92. The third kappa shape index (κ3) is 4.54. The first kappa shape index (κ1) is 18.9. The standard InChI is InChI=1S/C19H20FN7O2/c1-26-9-6-14(7-10-26)29-16-5-4-13(11-22-16)24-19(28)17-23-12-27(25-17)18-15(20)3-2-8-21-18/h2-5,8,11-12,14H,6-7,9-10H2,1H3,(H,24,28). The second-order valence-electron chi connectivity index (χ2n) is 6.78. The molecule has 0 radical (unpaired) electrons. The fourth-order valence-electron chi connectivity index (χ4n) is 3.00. The monoisotopic (exact) mass is 397 g/mol. The van der Waals surface area contributed by atoms with Crippen molar-refractivity contribution >= 4 is 11.6 Å². The van der Waals surface area contributed by atoms with Gasteiger partial charge in [-0.3, -0.25) is 4.79 Å². The van der Waals surface area contributed by atoms with Gasteiger partial charge in [0.1, 0.15) is 12.4 Å². The van der Waals surface area contributed by atoms with E-state index in [1.165, 1.54) is 30.9 Å². The Balaban J connectivity index is 1.37. The molecule has 0 unspecified atom stereocenters. The smallest absolute Gasteiger partial charge is 0.295 e. The Morgan fingerprint density at radius 3 is 2.76 bits per heavy atom. The van der Waals surface area contributed by atoms with Gasteiger partial charge in [0.25, 0.3) is 5.91 Å². The largest absolute Gasteiger partial charge is 0.474 e. The van der Waals surface area contributed by atoms with E-state index in [2.05, 4.69) is 37.3 Å². The second kappa shape index (κ2) is 8.31. The van der Waals surface area contributed by atoms with Gasteiger partial charge in [0.2, 0.25) is 11.7 Å². The minimum absolute atomic E-state index is 0.0314. The lowest BCUT2D eigenvalue weighted by Crippen LogP contribution is -2.35. The molecule has 0 atom stereocenters. The molecule has 1 saturated heterocycles. The average molecular weight is 397 g/mol. The summed E-state index contributed by atoms with van der Waals surface area (Å²) in [5, 5.41) is 6.64. The number of likely N-dealkylation sites (tertiary alicyclic amines) is 1. The minimum atomic E-state index is -0.561. The Morgan fingerprint density at radius 1 is 1.21 bits per heavy atom. The van der Waals surface area contributed by atoms with Crippen molar-refractivity contribution in [2.45, 2.75) is 18.9 Å². The van der Waals surface area contributed by atoms with Crippen LogP contribution in [0, 0.1) is 5.82 Å². The lowest BCUT2D eigenvalue weighted by molar-refractivity contribution is 0.101. The summed E-state index contributed by atoms with van der Waals surface area (Å²) >= 11 is 0. The SMILES string of the molecule is CN1CCC(Oc2ccc(NC(=O)c3ncn(-c4ncccc4F)n3)cn2)CC1. The Bertz CT molecular complexity index is 984. The zero-order valence-corrected chi connectivity index (χ0v) is 15.8. The Hall–Kier alpha value is -3.40. The van der Waals surface area contributed by atoms with Crippen LogP contribution in [0.3, 0.4) is 0 Å². The van der Waals surface area contributed by atoms with E-state index in [0.717, 1.165) is 30.6 Å². The van der Waals surface area contributed by atoms with Crippen LogP contribution in [0.1, 0.15) is 23.5 Å². The van der Waals surface area contributed by atoms with E-state index in [-0.39, 0.29) is 17.7 Å². The number of piperidine rings is 1. The Kier molecular flexibility index (Phi) is 5.43. The normalized spacial score (nSPS) is 15.2. The summed E-state index contributed by atoms with van der Waals surface area (Å²) in [6, 6.07) is 6.13. The summed E-state index contributed by atoms with van der Waals surface area (Å²) < 4.78 is 20.8. The molecule has 1 N–H and O–H groups in total. The van der Waals surface area contributed by atoms with E-state index in [1.807, 2.05) is 0 Å². The number of nitrogens with zero attached hydrogens (tertiary/aromatic N) is 6. The van der Waals surface area contributed by atoms with Gasteiger partial charge in [-0.15, -0.1) is 5.10 Å². The Morgan fingerprint density at radius 2 is 2.03 bits per heavy atom. The number of hydrogen-bond donors (Lipinski definition) is 1. The molecule has 10 heteroatoms. The summed E-state index contributed by atoms with van der Waals surface area (Å²) in [5.41, 5.74) is 0.478. The molecule has 1 amide bonds. The van der Waals surface area contributed by atoms with Crippen molar-refractivity contribution in [3.63, 3.8) is 0 Å². The molecule has 0 saturated carbocycles. The van der Waals surface area contributed by atoms with E-state index in [9.17, 15) is 9.18 Å². The van der Waals surface area contributed by atoms with Crippen LogP contribution in [-0.2, 0) is 0 Å². The van der Waals surface area contributed by atoms with Crippen LogP contribution >= 0.6 is 0 Å². The minimum Gasteiger partial charge on any atom is -0.474 e. The highest BCUT2D eigenvalue weighted by molar-refractivity contribution is 6.01. The van der Waals surface area contributed by atoms with Crippen molar-refractivity contribution in [3.8, 4) is 11.7 Å². The van der Waals surface area contributed by atoms with Crippen molar-refractivity contribution in [2.75, 3.05) is 25.5 Å². The lowest BCUT2D eigenvalue weighted by Gasteiger charge is -2.28. The van der Waals surface area contributed by atoms with Gasteiger partial charge in [-0.25, -0.2) is 19.3 Å². The van der Waals surface area contributed by atoms with Crippen LogP contribution in [0.5, 0.6) is 5.88 Å². The van der Waals surface area contributed by atoms with E-state index < -0.39 is 11.7 Å². The molecule has 150 valence electrons. The number of halogens is 1. The molecule has 3 aromatic rings. The van der Waals surface area contributed by atoms with Gasteiger partial charge in [0.15, 0.2) is 11.6 Å². The van der Waals surface area contributed by atoms with Gasteiger partial charge in [-0.05, 0) is 38.1 Å². The average Bonchev–Trinajstić information content (AvgIpc) is 3.22. The van der Waals surface area contributed by atoms with Crippen LogP contribution in [0.2, 0.25) is 0 Å². The van der Waals surface area contributed by atoms with E-state index in [4.69, 9.17) is 4.74 Å². The van der Waals surface area contributed by atoms with Gasteiger partial charge in [-0.1, -0.05) is 0 Å². The molecule has 0 aromatic carbocycles. The van der Waals surface area contributed by atoms with Gasteiger partial charge in [0, 0.05) is 25.4 Å². The molecule has 0 aliphatic carbocycles. The predicted molar refractivity (Wildman–Crippen MR) is 102 cm³/mol. The van der Waals surface area contributed by atoms with Crippen molar-refractivity contribution in [3.05, 3.63) is 54.6 Å². The molecule has 9 nitrogen and oxygen atoms in total. The third-order valence-electron chi connectivity index (χ3n) is 4.60. The summed E-state index contributed by atoms with van der Waals surface area (Å²) in [6.07, 6.45) is 6.25. The number of hydrogen-bond acceptors (Lipinski definition) is 7. The van der Waals surface area contributed by atoms with Crippen LogP contribution in [0.15, 0.2) is 43.0 Å². The molecular formula is C19H20FN7O2. The molecule has 4 heterocycles. The van der Waals surface area contributed by atoms with Gasteiger partial charge in [-0.2, -0.15) is 4.68 Å². The molecule has 29 heavy (non-hydrogen) atoms. The van der Waals surface area contributed by atoms with Crippen molar-refractivity contribution in [1.29, 1.82) is 0 Å². The summed E-state index contributed by atoms with van der Waals surface area (Å²) in [7, 11) is 2.09. The molecule has 1 fully saturated rings. The fourth-order valence-corrected chi connectivity index (χ4v) is 3.00. The third-order valence-corrected chi connectivity index (χ3v) is 4.60. The lowest BCUT2D eigenvalue weighted by atomic mass is 10.1. The van der Waals surface area contributed by atoms with Gasteiger partial charge >= 0.3 is 0 Å². The number of amides is 1. The maximum Gasteiger partial charge on any atom is 0.295 e. The van der Waals surface area contributed by atoms with E-state index in [0.29, 0.717) is 11.6 Å². The van der Waals surface area contributed by atoms with Crippen LogP contribution < -0.4 is 10.1 Å². The maximum atomic E-state index is 13.8. The number of carbonyl (C=O) groups excluding carboxylic acids is 1. The van der Waals surface area contributed by atoms with Gasteiger partial charge < -0.3 is 15.0 Å². The summed E-state index contributed by atoms with van der Waals surface area (Å²) in [5.74, 6) is -0.719. The van der Waals surface area contributed by atoms with Crippen molar-refractivity contribution in [1.82, 2.24) is 29.6 Å². The summed E-state index contributed by atoms with van der Waals surface area (Å²) in [6.45, 7) is 2.00. The molecule has 3 aromatic heterocycles. The van der Waals surface area contributed by atoms with E-state index >= 15 is 0 Å². The number of ether oxygens (including phenoxy) is 1. The fraction of sp³-hybridized carbons (Fsp3) is 0.316. The first-order valence-electron chi connectivity index (χ1n) is 9.23. The van der Waals surface area contributed by atoms with Crippen LogP contribution in [0.4, 0.5) is 10.1 Å². The molecular weight excluding hydrogens is 377 g/mol. The number of rotatable bonds is 5. The first-order valence-corrected chi connectivity index (χ1v) is 9.23. The molecule has 1 aliphatic heterocycles. The number of carbonyl (C=O) groups is 1. The van der Waals surface area contributed by atoms with Crippen molar-refractivity contribution in [2.24, 2.45) is 0 Å². The maximum absolute atomic E-state index is 13.8. The number of aromatic nitrogens is 5. The van der Waals surface area contributed by atoms with Crippen LogP contribution in [-0.4, -0.2) is 61.8 Å². The van der Waals surface area contributed by atoms with Crippen molar-refractivity contribution < 1.29 is 13.9 Å². The van der Waals surface area contributed by atoms with Gasteiger partial charge in [0.05, 0.1) is 11.9 Å². The topological polar surface area (TPSA) is 98.1 Å². The zero-order valence-electron chi connectivity index (χ0n) is 15.8. The second-order valence-corrected chi connectivity index (χ2v) is 6.78. The molecule has 0 bridgehead atoms. The Labute approximate surface area is 166 Å². The molecule has 0 spiro atoms. The number of anilines is 1. The first-order chi connectivity index (χ1) is 14.1. The molecule has 1 aliphatic rings. The van der Waals surface area contributed by atoms with E-state index in [1.54, 1.807) is 12.1 Å². The quantitative estimate of drug-likeness (QED) is 0.702. The van der Waals surface area contributed by atoms with Crippen LogP contribution in [0.25, 0.3) is 5.82 Å².